The van der Waals surface area contributed by atoms with E-state index >= 15 is 0 Å². The van der Waals surface area contributed by atoms with Crippen LogP contribution in [-0.4, -0.2) is 92.5 Å². The molecule has 2 rings (SSSR count). The molecule has 2 aliphatic rings. The number of carbonyl (C=O) groups excluding carboxylic acids is 1. The van der Waals surface area contributed by atoms with E-state index in [1.165, 1.54) is 0 Å². The standard InChI is InChI=1S/C19H37N5O3/c1-5-20-17(22-15-16-7-6-14-26-16)21-8-9-23-10-12-24(13-11-23)18(25)27-19(2,3)4/h16H,5-15H2,1-4H3,(H2,20,21,22). The second-order valence-electron chi connectivity index (χ2n) is 8.09. The van der Waals surface area contributed by atoms with Crippen LogP contribution in [0.1, 0.15) is 40.5 Å². The van der Waals surface area contributed by atoms with Gasteiger partial charge in [-0.15, -0.1) is 0 Å². The van der Waals surface area contributed by atoms with E-state index < -0.39 is 5.60 Å². The summed E-state index contributed by atoms with van der Waals surface area (Å²) in [5, 5.41) is 6.68. The Morgan fingerprint density at radius 3 is 2.56 bits per heavy atom. The number of guanidine groups is 1. The Kier molecular flexibility index (Phi) is 8.63. The van der Waals surface area contributed by atoms with E-state index in [4.69, 9.17) is 9.47 Å². The Morgan fingerprint density at radius 1 is 1.22 bits per heavy atom. The lowest BCUT2D eigenvalue weighted by molar-refractivity contribution is 0.0147. The number of nitrogens with zero attached hydrogens (tertiary/aromatic N) is 3. The molecule has 156 valence electrons. The smallest absolute Gasteiger partial charge is 0.410 e. The van der Waals surface area contributed by atoms with Crippen LogP contribution in [0, 0.1) is 0 Å². The van der Waals surface area contributed by atoms with Crippen LogP contribution in [0.4, 0.5) is 4.79 Å². The molecule has 0 spiro atoms. The summed E-state index contributed by atoms with van der Waals surface area (Å²) in [5.41, 5.74) is -0.441. The van der Waals surface area contributed by atoms with Gasteiger partial charge in [0.2, 0.25) is 0 Å². The van der Waals surface area contributed by atoms with Crippen molar-refractivity contribution < 1.29 is 14.3 Å². The van der Waals surface area contributed by atoms with E-state index in [9.17, 15) is 4.79 Å². The van der Waals surface area contributed by atoms with E-state index in [-0.39, 0.29) is 12.2 Å². The number of hydrogen-bond acceptors (Lipinski definition) is 5. The molecule has 1 amide bonds. The SMILES string of the molecule is CCNC(=NCC1CCCO1)NCCN1CCN(C(=O)OC(C)(C)C)CC1. The van der Waals surface area contributed by atoms with Crippen molar-refractivity contribution >= 4 is 12.1 Å². The van der Waals surface area contributed by atoms with Crippen molar-refractivity contribution in [1.82, 2.24) is 20.4 Å². The molecule has 0 radical (unpaired) electrons. The molecule has 0 bridgehead atoms. The monoisotopic (exact) mass is 383 g/mol. The third-order valence-electron chi connectivity index (χ3n) is 4.57. The van der Waals surface area contributed by atoms with Gasteiger partial charge in [-0.3, -0.25) is 9.89 Å². The first-order valence-electron chi connectivity index (χ1n) is 10.2. The van der Waals surface area contributed by atoms with Gasteiger partial charge in [-0.2, -0.15) is 0 Å². The van der Waals surface area contributed by atoms with E-state index in [0.717, 1.165) is 58.1 Å². The first-order valence-corrected chi connectivity index (χ1v) is 10.2. The molecule has 0 aromatic heterocycles. The minimum absolute atomic E-state index is 0.212. The van der Waals surface area contributed by atoms with Crippen LogP contribution in [0.5, 0.6) is 0 Å². The van der Waals surface area contributed by atoms with Crippen molar-refractivity contribution in [3.63, 3.8) is 0 Å². The van der Waals surface area contributed by atoms with Crippen LogP contribution < -0.4 is 10.6 Å². The van der Waals surface area contributed by atoms with Crippen LogP contribution in [0.2, 0.25) is 0 Å². The Hall–Kier alpha value is -1.54. The Morgan fingerprint density at radius 2 is 1.96 bits per heavy atom. The molecule has 2 aliphatic heterocycles. The zero-order chi connectivity index (χ0) is 19.7. The number of aliphatic imine (C=N–C) groups is 1. The van der Waals surface area contributed by atoms with E-state index in [1.807, 2.05) is 20.8 Å². The van der Waals surface area contributed by atoms with Crippen molar-refractivity contribution in [2.75, 3.05) is 59.0 Å². The van der Waals surface area contributed by atoms with E-state index in [1.54, 1.807) is 4.90 Å². The quantitative estimate of drug-likeness (QED) is 0.531. The number of nitrogens with one attached hydrogen (secondary N) is 2. The molecule has 8 nitrogen and oxygen atoms in total. The molecule has 1 atom stereocenters. The second-order valence-corrected chi connectivity index (χ2v) is 8.09. The number of hydrogen-bond donors (Lipinski definition) is 2. The Labute approximate surface area is 163 Å². The number of piperazine rings is 1. The molecule has 0 saturated carbocycles. The van der Waals surface area contributed by atoms with Crippen LogP contribution in [-0.2, 0) is 9.47 Å². The van der Waals surface area contributed by atoms with E-state index in [2.05, 4.69) is 27.4 Å². The minimum atomic E-state index is -0.441. The average molecular weight is 384 g/mol. The van der Waals surface area contributed by atoms with Gasteiger partial charge < -0.3 is 25.0 Å². The summed E-state index contributed by atoms with van der Waals surface area (Å²) in [6.07, 6.45) is 2.29. The number of carbonyl (C=O) groups is 1. The first kappa shape index (κ1) is 21.8. The minimum Gasteiger partial charge on any atom is -0.444 e. The summed E-state index contributed by atoms with van der Waals surface area (Å²) in [4.78, 5) is 20.9. The molecule has 1 unspecified atom stereocenters. The predicted molar refractivity (Wildman–Crippen MR) is 107 cm³/mol. The third-order valence-corrected chi connectivity index (χ3v) is 4.57. The highest BCUT2D eigenvalue weighted by molar-refractivity contribution is 5.79. The zero-order valence-electron chi connectivity index (χ0n) is 17.4. The topological polar surface area (TPSA) is 78.4 Å². The molecule has 0 aliphatic carbocycles. The van der Waals surface area contributed by atoms with Crippen molar-refractivity contribution in [3.05, 3.63) is 0 Å². The maximum absolute atomic E-state index is 12.1. The fourth-order valence-electron chi connectivity index (χ4n) is 3.14. The van der Waals surface area contributed by atoms with Crippen molar-refractivity contribution in [2.45, 2.75) is 52.2 Å². The Bertz CT molecular complexity index is 478. The maximum Gasteiger partial charge on any atom is 0.410 e. The summed E-state index contributed by atoms with van der Waals surface area (Å²) < 4.78 is 11.1. The van der Waals surface area contributed by atoms with Gasteiger partial charge in [0.1, 0.15) is 5.60 Å². The molecular weight excluding hydrogens is 346 g/mol. The predicted octanol–water partition coefficient (Wildman–Crippen LogP) is 1.27. The van der Waals surface area contributed by atoms with Crippen LogP contribution in [0.25, 0.3) is 0 Å². The summed E-state index contributed by atoms with van der Waals surface area (Å²) in [6.45, 7) is 15.1. The van der Waals surface area contributed by atoms with Gasteiger partial charge in [0.15, 0.2) is 5.96 Å². The van der Waals surface area contributed by atoms with Crippen LogP contribution in [0.15, 0.2) is 4.99 Å². The molecule has 27 heavy (non-hydrogen) atoms. The molecule has 0 aromatic carbocycles. The molecule has 2 N–H and O–H groups in total. The molecule has 8 heteroatoms. The molecule has 2 heterocycles. The summed E-state index contributed by atoms with van der Waals surface area (Å²) in [5.74, 6) is 0.848. The van der Waals surface area contributed by atoms with Crippen LogP contribution >= 0.6 is 0 Å². The van der Waals surface area contributed by atoms with Gasteiger partial charge in [-0.25, -0.2) is 4.79 Å². The summed E-state index contributed by atoms with van der Waals surface area (Å²) in [7, 11) is 0. The molecule has 2 saturated heterocycles. The van der Waals surface area contributed by atoms with Gasteiger partial charge in [-0.05, 0) is 40.5 Å². The third kappa shape index (κ3) is 8.34. The van der Waals surface area contributed by atoms with Gasteiger partial charge >= 0.3 is 6.09 Å². The van der Waals surface area contributed by atoms with Crippen molar-refractivity contribution in [1.29, 1.82) is 0 Å². The molecule has 0 aromatic rings. The Balaban J connectivity index is 1.66. The fraction of sp³-hybridized carbons (Fsp3) is 0.895. The van der Waals surface area contributed by atoms with Gasteiger partial charge in [0.05, 0.1) is 12.6 Å². The van der Waals surface area contributed by atoms with Crippen molar-refractivity contribution in [2.24, 2.45) is 4.99 Å². The lowest BCUT2D eigenvalue weighted by Gasteiger charge is -2.35. The van der Waals surface area contributed by atoms with Gasteiger partial charge in [-0.1, -0.05) is 0 Å². The zero-order valence-corrected chi connectivity index (χ0v) is 17.4. The molecule has 2 fully saturated rings. The maximum atomic E-state index is 12.1. The lowest BCUT2D eigenvalue weighted by Crippen LogP contribution is -2.51. The lowest BCUT2D eigenvalue weighted by atomic mass is 10.2. The number of rotatable bonds is 6. The average Bonchev–Trinajstić information content (AvgIpc) is 3.12. The van der Waals surface area contributed by atoms with Gasteiger partial charge in [0, 0.05) is 52.4 Å². The molecular formula is C19H37N5O3. The normalized spacial score (nSPS) is 22.0. The first-order chi connectivity index (χ1) is 12.9. The highest BCUT2D eigenvalue weighted by atomic mass is 16.6. The highest BCUT2D eigenvalue weighted by Gasteiger charge is 2.25. The summed E-state index contributed by atoms with van der Waals surface area (Å²) >= 11 is 0. The van der Waals surface area contributed by atoms with Crippen LogP contribution in [0.3, 0.4) is 0 Å². The van der Waals surface area contributed by atoms with Crippen molar-refractivity contribution in [3.8, 4) is 0 Å². The largest absolute Gasteiger partial charge is 0.444 e. The summed E-state index contributed by atoms with van der Waals surface area (Å²) in [6, 6.07) is 0. The fourth-order valence-corrected chi connectivity index (χ4v) is 3.14. The second kappa shape index (κ2) is 10.7. The van der Waals surface area contributed by atoms with Gasteiger partial charge in [0.25, 0.3) is 0 Å². The highest BCUT2D eigenvalue weighted by Crippen LogP contribution is 2.12. The van der Waals surface area contributed by atoms with E-state index in [0.29, 0.717) is 19.6 Å². The number of amides is 1. The number of ether oxygens (including phenoxy) is 2.